The van der Waals surface area contributed by atoms with Gasteiger partial charge in [0.15, 0.2) is 0 Å². The minimum absolute atomic E-state index is 0.144. The van der Waals surface area contributed by atoms with Gasteiger partial charge in [-0.1, -0.05) is 12.6 Å². The first kappa shape index (κ1) is 15.2. The number of hydrogen-bond acceptors (Lipinski definition) is 3. The number of hydrogen-bond donors (Lipinski definition) is 0. The molecule has 0 atom stereocenters. The average Bonchev–Trinajstić information content (AvgIpc) is 3.01. The van der Waals surface area contributed by atoms with E-state index >= 15 is 0 Å². The predicted octanol–water partition coefficient (Wildman–Crippen LogP) is 1.19. The SMILES string of the molecule is C=CC(=O)N1CCN(S(=O)(=O)c2ccc3c(c2)CCC3)CC1. The zero-order chi connectivity index (χ0) is 15.7. The fourth-order valence-corrected chi connectivity index (χ4v) is 4.61. The van der Waals surface area contributed by atoms with Gasteiger partial charge in [-0.2, -0.15) is 4.31 Å². The standard InChI is InChI=1S/C16H20N2O3S/c1-2-16(19)17-8-10-18(11-9-17)22(20,21)15-7-6-13-4-3-5-14(13)12-15/h2,6-7,12H,1,3-5,8-11H2. The summed E-state index contributed by atoms with van der Waals surface area (Å²) in [7, 11) is -3.47. The molecule has 1 aromatic carbocycles. The summed E-state index contributed by atoms with van der Waals surface area (Å²) in [5, 5.41) is 0. The van der Waals surface area contributed by atoms with Crippen LogP contribution in [0.3, 0.4) is 0 Å². The Morgan fingerprint density at radius 1 is 1.09 bits per heavy atom. The monoisotopic (exact) mass is 320 g/mol. The highest BCUT2D eigenvalue weighted by Gasteiger charge is 2.30. The van der Waals surface area contributed by atoms with Gasteiger partial charge in [-0.25, -0.2) is 8.42 Å². The van der Waals surface area contributed by atoms with Crippen LogP contribution in [0.5, 0.6) is 0 Å². The van der Waals surface area contributed by atoms with Crippen LogP contribution in [0.1, 0.15) is 17.5 Å². The molecule has 0 N–H and O–H groups in total. The van der Waals surface area contributed by atoms with Crippen molar-refractivity contribution < 1.29 is 13.2 Å². The van der Waals surface area contributed by atoms with Gasteiger partial charge in [-0.3, -0.25) is 4.79 Å². The predicted molar refractivity (Wildman–Crippen MR) is 84.0 cm³/mol. The number of aryl methyl sites for hydroxylation is 2. The quantitative estimate of drug-likeness (QED) is 0.786. The molecule has 0 bridgehead atoms. The van der Waals surface area contributed by atoms with Crippen molar-refractivity contribution in [1.82, 2.24) is 9.21 Å². The van der Waals surface area contributed by atoms with Gasteiger partial charge in [-0.05, 0) is 48.6 Å². The topological polar surface area (TPSA) is 57.7 Å². The molecule has 1 aliphatic carbocycles. The Bertz CT molecular complexity index is 704. The van der Waals surface area contributed by atoms with Gasteiger partial charge in [-0.15, -0.1) is 0 Å². The number of fused-ring (bicyclic) bond motifs is 1. The largest absolute Gasteiger partial charge is 0.337 e. The van der Waals surface area contributed by atoms with Crippen molar-refractivity contribution in [1.29, 1.82) is 0 Å². The number of sulfonamides is 1. The van der Waals surface area contributed by atoms with Crippen LogP contribution < -0.4 is 0 Å². The maximum absolute atomic E-state index is 12.7. The van der Waals surface area contributed by atoms with Crippen molar-refractivity contribution in [3.63, 3.8) is 0 Å². The molecule has 1 heterocycles. The summed E-state index contributed by atoms with van der Waals surface area (Å²) < 4.78 is 26.9. The first-order valence-corrected chi connectivity index (χ1v) is 8.99. The normalized spacial score (nSPS) is 19.0. The van der Waals surface area contributed by atoms with E-state index in [1.807, 2.05) is 12.1 Å². The van der Waals surface area contributed by atoms with Gasteiger partial charge in [0.1, 0.15) is 0 Å². The number of carbonyl (C=O) groups is 1. The van der Waals surface area contributed by atoms with Crippen LogP contribution in [-0.2, 0) is 27.7 Å². The summed E-state index contributed by atoms with van der Waals surface area (Å²) >= 11 is 0. The Morgan fingerprint density at radius 2 is 1.77 bits per heavy atom. The van der Waals surface area contributed by atoms with Gasteiger partial charge in [0.25, 0.3) is 0 Å². The third kappa shape index (κ3) is 2.68. The highest BCUT2D eigenvalue weighted by atomic mass is 32.2. The zero-order valence-electron chi connectivity index (χ0n) is 12.5. The molecule has 1 saturated heterocycles. The molecule has 3 rings (SSSR count). The molecule has 0 saturated carbocycles. The van der Waals surface area contributed by atoms with E-state index in [1.165, 1.54) is 15.9 Å². The van der Waals surface area contributed by atoms with Crippen LogP contribution in [0.4, 0.5) is 0 Å². The molecular weight excluding hydrogens is 300 g/mol. The van der Waals surface area contributed by atoms with Crippen LogP contribution in [0.15, 0.2) is 35.7 Å². The van der Waals surface area contributed by atoms with Crippen molar-refractivity contribution in [2.75, 3.05) is 26.2 Å². The summed E-state index contributed by atoms with van der Waals surface area (Å²) in [6.07, 6.45) is 4.37. The molecule has 5 nitrogen and oxygen atoms in total. The molecule has 0 spiro atoms. The highest BCUT2D eigenvalue weighted by Crippen LogP contribution is 2.26. The lowest BCUT2D eigenvalue weighted by Crippen LogP contribution is -2.50. The molecule has 1 aliphatic heterocycles. The third-order valence-corrected chi connectivity index (χ3v) is 6.33. The summed E-state index contributed by atoms with van der Waals surface area (Å²) in [6.45, 7) is 4.95. The smallest absolute Gasteiger partial charge is 0.246 e. The number of piperazine rings is 1. The van der Waals surface area contributed by atoms with E-state index in [2.05, 4.69) is 6.58 Å². The average molecular weight is 320 g/mol. The Hall–Kier alpha value is -1.66. The second-order valence-electron chi connectivity index (χ2n) is 5.72. The van der Waals surface area contributed by atoms with E-state index in [1.54, 1.807) is 11.0 Å². The molecule has 0 aromatic heterocycles. The fourth-order valence-electron chi connectivity index (χ4n) is 3.14. The van der Waals surface area contributed by atoms with Crippen molar-refractivity contribution in [2.24, 2.45) is 0 Å². The van der Waals surface area contributed by atoms with Crippen LogP contribution in [0.25, 0.3) is 0 Å². The van der Waals surface area contributed by atoms with E-state index in [4.69, 9.17) is 0 Å². The highest BCUT2D eigenvalue weighted by molar-refractivity contribution is 7.89. The summed E-state index contributed by atoms with van der Waals surface area (Å²) in [4.78, 5) is 13.6. The van der Waals surface area contributed by atoms with Gasteiger partial charge < -0.3 is 4.90 Å². The van der Waals surface area contributed by atoms with Crippen LogP contribution in [-0.4, -0.2) is 49.7 Å². The van der Waals surface area contributed by atoms with Crippen LogP contribution in [0, 0.1) is 0 Å². The zero-order valence-corrected chi connectivity index (χ0v) is 13.3. The lowest BCUT2D eigenvalue weighted by atomic mass is 10.1. The number of rotatable bonds is 3. The molecule has 22 heavy (non-hydrogen) atoms. The van der Waals surface area contributed by atoms with Crippen molar-refractivity contribution in [2.45, 2.75) is 24.2 Å². The molecule has 118 valence electrons. The van der Waals surface area contributed by atoms with Crippen molar-refractivity contribution in [3.8, 4) is 0 Å². The Kier molecular flexibility index (Phi) is 4.06. The Labute approximate surface area is 131 Å². The fraction of sp³-hybridized carbons (Fsp3) is 0.438. The Morgan fingerprint density at radius 3 is 2.45 bits per heavy atom. The molecule has 1 aromatic rings. The third-order valence-electron chi connectivity index (χ3n) is 4.43. The molecule has 0 unspecified atom stereocenters. The summed E-state index contributed by atoms with van der Waals surface area (Å²) in [6, 6.07) is 5.46. The molecular formula is C16H20N2O3S. The van der Waals surface area contributed by atoms with Gasteiger partial charge in [0.05, 0.1) is 4.90 Å². The van der Waals surface area contributed by atoms with Crippen molar-refractivity contribution >= 4 is 15.9 Å². The van der Waals surface area contributed by atoms with Crippen LogP contribution >= 0.6 is 0 Å². The molecule has 6 heteroatoms. The van der Waals surface area contributed by atoms with E-state index in [9.17, 15) is 13.2 Å². The van der Waals surface area contributed by atoms with E-state index < -0.39 is 10.0 Å². The van der Waals surface area contributed by atoms with Gasteiger partial charge in [0, 0.05) is 26.2 Å². The first-order chi connectivity index (χ1) is 10.5. The maximum Gasteiger partial charge on any atom is 0.246 e. The Balaban J connectivity index is 1.77. The summed E-state index contributed by atoms with van der Waals surface area (Å²) in [5.41, 5.74) is 2.42. The lowest BCUT2D eigenvalue weighted by molar-refractivity contribution is -0.127. The first-order valence-electron chi connectivity index (χ1n) is 7.55. The number of carbonyl (C=O) groups excluding carboxylic acids is 1. The van der Waals surface area contributed by atoms with E-state index in [-0.39, 0.29) is 5.91 Å². The second-order valence-corrected chi connectivity index (χ2v) is 7.66. The van der Waals surface area contributed by atoms with Crippen molar-refractivity contribution in [3.05, 3.63) is 42.0 Å². The van der Waals surface area contributed by atoms with Crippen LogP contribution in [0.2, 0.25) is 0 Å². The molecule has 1 amide bonds. The number of benzene rings is 1. The van der Waals surface area contributed by atoms with E-state index in [0.717, 1.165) is 24.8 Å². The number of amides is 1. The molecule has 2 aliphatic rings. The summed E-state index contributed by atoms with van der Waals surface area (Å²) in [5.74, 6) is -0.144. The maximum atomic E-state index is 12.7. The minimum Gasteiger partial charge on any atom is -0.337 e. The molecule has 0 radical (unpaired) electrons. The second kappa shape index (κ2) is 5.85. The minimum atomic E-state index is -3.47. The molecule has 1 fully saturated rings. The number of nitrogens with zero attached hydrogens (tertiary/aromatic N) is 2. The van der Waals surface area contributed by atoms with Gasteiger partial charge >= 0.3 is 0 Å². The van der Waals surface area contributed by atoms with E-state index in [0.29, 0.717) is 31.1 Å². The lowest BCUT2D eigenvalue weighted by Gasteiger charge is -2.33. The van der Waals surface area contributed by atoms with Gasteiger partial charge in [0.2, 0.25) is 15.9 Å².